The fourth-order valence-corrected chi connectivity index (χ4v) is 4.02. The zero-order chi connectivity index (χ0) is 15.7. The van der Waals surface area contributed by atoms with E-state index in [4.69, 9.17) is 0 Å². The minimum absolute atomic E-state index is 0.165. The van der Waals surface area contributed by atoms with E-state index in [0.717, 1.165) is 42.4 Å². The molecule has 2 aliphatic rings. The molecule has 0 spiro atoms. The van der Waals surface area contributed by atoms with Crippen molar-refractivity contribution in [2.75, 3.05) is 37.6 Å². The number of halogens is 1. The van der Waals surface area contributed by atoms with Crippen molar-refractivity contribution in [3.8, 4) is 0 Å². The van der Waals surface area contributed by atoms with E-state index in [2.05, 4.69) is 37.6 Å². The second kappa shape index (κ2) is 6.45. The van der Waals surface area contributed by atoms with Crippen LogP contribution in [0, 0.1) is 10.1 Å². The molecule has 0 aromatic heterocycles. The minimum Gasteiger partial charge on any atom is -0.362 e. The van der Waals surface area contributed by atoms with Crippen molar-refractivity contribution in [2.24, 2.45) is 4.99 Å². The molecular weight excluding hydrogens is 368 g/mol. The van der Waals surface area contributed by atoms with Crippen molar-refractivity contribution >= 4 is 44.2 Å². The summed E-state index contributed by atoms with van der Waals surface area (Å²) in [5, 5.41) is 12.9. The van der Waals surface area contributed by atoms with Crippen molar-refractivity contribution in [2.45, 2.75) is 12.2 Å². The molecule has 22 heavy (non-hydrogen) atoms. The average molecular weight is 385 g/mol. The molecule has 8 heteroatoms. The first-order valence-electron chi connectivity index (χ1n) is 7.19. The molecule has 118 valence electrons. The van der Waals surface area contributed by atoms with E-state index < -0.39 is 0 Å². The van der Waals surface area contributed by atoms with Crippen LogP contribution in [0.1, 0.15) is 6.92 Å². The Bertz CT molecular complexity index is 617. The summed E-state index contributed by atoms with van der Waals surface area (Å²) in [6, 6.07) is 5.10. The Morgan fingerprint density at radius 3 is 2.59 bits per heavy atom. The molecule has 1 unspecified atom stereocenters. The number of hydrogen-bond acceptors (Lipinski definition) is 6. The lowest BCUT2D eigenvalue weighted by Gasteiger charge is -2.36. The van der Waals surface area contributed by atoms with Crippen LogP contribution in [0.25, 0.3) is 0 Å². The summed E-state index contributed by atoms with van der Waals surface area (Å²) >= 11 is 5.22. The van der Waals surface area contributed by atoms with Gasteiger partial charge in [0, 0.05) is 42.0 Å². The fourth-order valence-electron chi connectivity index (χ4n) is 2.68. The summed E-state index contributed by atoms with van der Waals surface area (Å²) in [5.74, 6) is 0. The Kier molecular flexibility index (Phi) is 4.58. The predicted octanol–water partition coefficient (Wildman–Crippen LogP) is 2.97. The summed E-state index contributed by atoms with van der Waals surface area (Å²) in [7, 11) is 0. The highest BCUT2D eigenvalue weighted by molar-refractivity contribution is 9.10. The van der Waals surface area contributed by atoms with Crippen LogP contribution < -0.4 is 4.90 Å². The van der Waals surface area contributed by atoms with Gasteiger partial charge in [0.1, 0.15) is 5.69 Å². The number of aliphatic imine (C=N–C) groups is 1. The highest BCUT2D eigenvalue weighted by atomic mass is 79.9. The van der Waals surface area contributed by atoms with Gasteiger partial charge in [-0.05, 0) is 12.1 Å². The molecule has 0 amide bonds. The molecule has 0 N–H and O–H groups in total. The Hall–Kier alpha value is -1.28. The number of thioether (sulfide) groups is 1. The van der Waals surface area contributed by atoms with Gasteiger partial charge in [0.2, 0.25) is 0 Å². The quantitative estimate of drug-likeness (QED) is 0.579. The molecule has 0 saturated carbocycles. The summed E-state index contributed by atoms with van der Waals surface area (Å²) in [6.45, 7) is 6.31. The van der Waals surface area contributed by atoms with Crippen LogP contribution >= 0.6 is 27.7 Å². The number of nitro groups is 1. The summed E-state index contributed by atoms with van der Waals surface area (Å²) in [4.78, 5) is 19.8. The van der Waals surface area contributed by atoms with E-state index in [9.17, 15) is 10.1 Å². The maximum Gasteiger partial charge on any atom is 0.292 e. The van der Waals surface area contributed by atoms with Crippen molar-refractivity contribution in [3.63, 3.8) is 0 Å². The SMILES string of the molecule is CC1CN=C(N2CCN(c3cc(Br)ccc3[N+](=O)[O-])CC2)S1. The van der Waals surface area contributed by atoms with Crippen molar-refractivity contribution in [1.82, 2.24) is 4.90 Å². The van der Waals surface area contributed by atoms with Gasteiger partial charge in [0.15, 0.2) is 5.17 Å². The van der Waals surface area contributed by atoms with Gasteiger partial charge < -0.3 is 9.80 Å². The van der Waals surface area contributed by atoms with Gasteiger partial charge in [-0.15, -0.1) is 0 Å². The summed E-state index contributed by atoms with van der Waals surface area (Å²) < 4.78 is 0.861. The number of anilines is 1. The smallest absolute Gasteiger partial charge is 0.292 e. The van der Waals surface area contributed by atoms with Crippen LogP contribution in [0.15, 0.2) is 27.7 Å². The largest absolute Gasteiger partial charge is 0.362 e. The molecular formula is C14H17BrN4O2S. The number of rotatable bonds is 2. The predicted molar refractivity (Wildman–Crippen MR) is 93.9 cm³/mol. The lowest BCUT2D eigenvalue weighted by molar-refractivity contribution is -0.384. The van der Waals surface area contributed by atoms with E-state index >= 15 is 0 Å². The van der Waals surface area contributed by atoms with Crippen LogP contribution in [-0.4, -0.2) is 53.0 Å². The molecule has 0 aliphatic carbocycles. The first kappa shape index (κ1) is 15.6. The number of piperazine rings is 1. The zero-order valence-corrected chi connectivity index (χ0v) is 14.6. The lowest BCUT2D eigenvalue weighted by atomic mass is 10.2. The summed E-state index contributed by atoms with van der Waals surface area (Å²) in [6.07, 6.45) is 0. The molecule has 0 radical (unpaired) electrons. The Morgan fingerprint density at radius 1 is 1.32 bits per heavy atom. The van der Waals surface area contributed by atoms with Crippen LogP contribution in [0.4, 0.5) is 11.4 Å². The molecule has 1 aromatic carbocycles. The van der Waals surface area contributed by atoms with E-state index in [1.807, 2.05) is 17.8 Å². The molecule has 1 fully saturated rings. The molecule has 1 aromatic rings. The van der Waals surface area contributed by atoms with E-state index in [0.29, 0.717) is 10.9 Å². The van der Waals surface area contributed by atoms with Gasteiger partial charge in [-0.1, -0.05) is 34.6 Å². The van der Waals surface area contributed by atoms with Crippen molar-refractivity contribution in [3.05, 3.63) is 32.8 Å². The van der Waals surface area contributed by atoms with E-state index in [-0.39, 0.29) is 10.6 Å². The molecule has 6 nitrogen and oxygen atoms in total. The van der Waals surface area contributed by atoms with Gasteiger partial charge in [-0.2, -0.15) is 0 Å². The average Bonchev–Trinajstić information content (AvgIpc) is 2.93. The number of benzene rings is 1. The Labute approximate surface area is 141 Å². The normalized spacial score (nSPS) is 21.9. The van der Waals surface area contributed by atoms with Gasteiger partial charge in [0.05, 0.1) is 11.5 Å². The van der Waals surface area contributed by atoms with Gasteiger partial charge in [-0.25, -0.2) is 0 Å². The number of nitrogens with zero attached hydrogens (tertiary/aromatic N) is 4. The highest BCUT2D eigenvalue weighted by Crippen LogP contribution is 2.32. The topological polar surface area (TPSA) is 62.0 Å². The third-order valence-electron chi connectivity index (χ3n) is 3.82. The molecule has 0 bridgehead atoms. The van der Waals surface area contributed by atoms with Gasteiger partial charge >= 0.3 is 0 Å². The second-order valence-electron chi connectivity index (χ2n) is 5.42. The molecule has 3 rings (SSSR count). The van der Waals surface area contributed by atoms with E-state index in [1.165, 1.54) is 0 Å². The molecule has 2 aliphatic heterocycles. The number of nitro benzene ring substituents is 1. The van der Waals surface area contributed by atoms with Crippen LogP contribution in [-0.2, 0) is 0 Å². The number of hydrogen-bond donors (Lipinski definition) is 0. The maximum atomic E-state index is 11.2. The maximum absolute atomic E-state index is 11.2. The van der Waals surface area contributed by atoms with Crippen molar-refractivity contribution < 1.29 is 4.92 Å². The molecule has 1 saturated heterocycles. The first-order valence-corrected chi connectivity index (χ1v) is 8.87. The zero-order valence-electron chi connectivity index (χ0n) is 12.2. The summed E-state index contributed by atoms with van der Waals surface area (Å²) in [5.41, 5.74) is 0.853. The minimum atomic E-state index is -0.313. The fraction of sp³-hybridized carbons (Fsp3) is 0.500. The number of amidine groups is 1. The Morgan fingerprint density at radius 2 is 2.00 bits per heavy atom. The first-order chi connectivity index (χ1) is 10.5. The van der Waals surface area contributed by atoms with Crippen LogP contribution in [0.5, 0.6) is 0 Å². The third-order valence-corrected chi connectivity index (χ3v) is 5.46. The van der Waals surface area contributed by atoms with E-state index in [1.54, 1.807) is 12.1 Å². The Balaban J connectivity index is 1.71. The highest BCUT2D eigenvalue weighted by Gasteiger charge is 2.27. The van der Waals surface area contributed by atoms with Crippen LogP contribution in [0.2, 0.25) is 0 Å². The lowest BCUT2D eigenvalue weighted by Crippen LogP contribution is -2.48. The molecule has 2 heterocycles. The van der Waals surface area contributed by atoms with Gasteiger partial charge in [-0.3, -0.25) is 15.1 Å². The monoisotopic (exact) mass is 384 g/mol. The molecule has 1 atom stereocenters. The van der Waals surface area contributed by atoms with Gasteiger partial charge in [0.25, 0.3) is 5.69 Å². The third kappa shape index (κ3) is 3.22. The standard InChI is InChI=1S/C14H17BrN4O2S/c1-10-9-16-14(22-10)18-6-4-17(5-7-18)13-8-11(15)2-3-12(13)19(20)21/h2-3,8,10H,4-7,9H2,1H3. The van der Waals surface area contributed by atoms with Crippen molar-refractivity contribution in [1.29, 1.82) is 0 Å². The van der Waals surface area contributed by atoms with Crippen LogP contribution in [0.3, 0.4) is 0 Å². The second-order valence-corrected chi connectivity index (χ2v) is 7.74.